The minimum absolute atomic E-state index is 0.222. The molecule has 8 heteroatoms. The summed E-state index contributed by atoms with van der Waals surface area (Å²) in [6.07, 6.45) is 1.32. The van der Waals surface area contributed by atoms with Crippen LogP contribution < -0.4 is 14.4 Å². The molecule has 6 nitrogen and oxygen atoms in total. The Morgan fingerprint density at radius 1 is 1.18 bits per heavy atom. The Hall–Kier alpha value is -2.25. The minimum atomic E-state index is -3.80. The second kappa shape index (κ2) is 8.84. The maximum atomic E-state index is 13.0. The number of anilines is 2. The summed E-state index contributed by atoms with van der Waals surface area (Å²) in [5, 5.41) is 3.16. The van der Waals surface area contributed by atoms with Crippen LogP contribution in [0.5, 0.6) is 5.75 Å². The van der Waals surface area contributed by atoms with Gasteiger partial charge in [0.25, 0.3) is 0 Å². The molecule has 152 valence electrons. The second-order valence-corrected chi connectivity index (χ2v) is 8.88. The van der Waals surface area contributed by atoms with Crippen molar-refractivity contribution in [2.24, 2.45) is 0 Å². The Morgan fingerprint density at radius 3 is 2.39 bits per heavy atom. The number of hydrogen-bond acceptors (Lipinski definition) is 4. The first kappa shape index (κ1) is 22.0. The maximum absolute atomic E-state index is 13.0. The molecule has 2 aromatic carbocycles. The summed E-state index contributed by atoms with van der Waals surface area (Å²) in [7, 11) is -2.36. The normalized spacial score (nSPS) is 12.4. The summed E-state index contributed by atoms with van der Waals surface area (Å²) in [5.74, 6) is -0.120. The molecule has 0 saturated carbocycles. The lowest BCUT2D eigenvalue weighted by Crippen LogP contribution is -2.47. The zero-order valence-corrected chi connectivity index (χ0v) is 18.2. The van der Waals surface area contributed by atoms with Crippen molar-refractivity contribution in [3.63, 3.8) is 0 Å². The van der Waals surface area contributed by atoms with Gasteiger partial charge in [-0.05, 0) is 61.7 Å². The zero-order valence-electron chi connectivity index (χ0n) is 16.6. The van der Waals surface area contributed by atoms with Crippen molar-refractivity contribution in [2.75, 3.05) is 23.0 Å². The lowest BCUT2D eigenvalue weighted by atomic mass is 10.1. The number of nitrogens with one attached hydrogen (secondary N) is 1. The summed E-state index contributed by atoms with van der Waals surface area (Å²) >= 11 is 6.08. The van der Waals surface area contributed by atoms with Gasteiger partial charge in [0.1, 0.15) is 11.8 Å². The first-order valence-electron chi connectivity index (χ1n) is 8.79. The van der Waals surface area contributed by atoms with E-state index in [0.717, 1.165) is 21.7 Å². The molecule has 1 atom stereocenters. The van der Waals surface area contributed by atoms with Crippen molar-refractivity contribution in [1.82, 2.24) is 0 Å². The average Bonchev–Trinajstić information content (AvgIpc) is 2.61. The molecule has 0 saturated heterocycles. The van der Waals surface area contributed by atoms with E-state index in [1.54, 1.807) is 25.1 Å². The number of nitrogens with zero attached hydrogens (tertiary/aromatic N) is 1. The Kier molecular flexibility index (Phi) is 6.96. The highest BCUT2D eigenvalue weighted by atomic mass is 35.5. The number of sulfonamides is 1. The van der Waals surface area contributed by atoms with E-state index in [2.05, 4.69) is 5.32 Å². The maximum Gasteiger partial charge on any atom is 0.248 e. The van der Waals surface area contributed by atoms with E-state index in [1.165, 1.54) is 13.2 Å². The van der Waals surface area contributed by atoms with Crippen LogP contribution in [0.25, 0.3) is 0 Å². The number of ether oxygens (including phenoxy) is 1. The molecule has 0 aliphatic heterocycles. The van der Waals surface area contributed by atoms with Crippen LogP contribution in [0.4, 0.5) is 11.4 Å². The van der Waals surface area contributed by atoms with Crippen LogP contribution in [0.1, 0.15) is 24.5 Å². The number of halogens is 1. The SMILES string of the molecule is CCC(C(=O)Nc1ccc(C)c(C)c1)N(c1cc(Cl)ccc1OC)S(C)(=O)=O. The standard InChI is InChI=1S/C20H25ClN2O4S/c1-6-17(20(24)22-16-9-7-13(2)14(3)11-16)23(28(5,25)26)18-12-15(21)8-10-19(18)27-4/h7-12,17H,6H2,1-5H3,(H,22,24). The van der Waals surface area contributed by atoms with Gasteiger partial charge in [-0.3, -0.25) is 9.10 Å². The first-order chi connectivity index (χ1) is 13.1. The van der Waals surface area contributed by atoms with E-state index in [0.29, 0.717) is 16.5 Å². The van der Waals surface area contributed by atoms with E-state index in [4.69, 9.17) is 16.3 Å². The number of methoxy groups -OCH3 is 1. The monoisotopic (exact) mass is 424 g/mol. The smallest absolute Gasteiger partial charge is 0.248 e. The molecule has 1 N–H and O–H groups in total. The summed E-state index contributed by atoms with van der Waals surface area (Å²) in [6, 6.07) is 9.23. The molecule has 0 spiro atoms. The van der Waals surface area contributed by atoms with Crippen molar-refractivity contribution < 1.29 is 17.9 Å². The van der Waals surface area contributed by atoms with Gasteiger partial charge in [0.15, 0.2) is 0 Å². The third-order valence-electron chi connectivity index (χ3n) is 4.48. The molecule has 0 aromatic heterocycles. The molecule has 1 amide bonds. The van der Waals surface area contributed by atoms with Crippen LogP contribution >= 0.6 is 11.6 Å². The number of aryl methyl sites for hydroxylation is 2. The number of benzene rings is 2. The molecule has 0 heterocycles. The van der Waals surface area contributed by atoms with Crippen molar-refractivity contribution in [3.8, 4) is 5.75 Å². The molecule has 0 bridgehead atoms. The third kappa shape index (κ3) is 4.97. The molecule has 0 fully saturated rings. The third-order valence-corrected chi connectivity index (χ3v) is 5.88. The van der Waals surface area contributed by atoms with Crippen LogP contribution in [0.2, 0.25) is 5.02 Å². The second-order valence-electron chi connectivity index (χ2n) is 6.59. The van der Waals surface area contributed by atoms with Gasteiger partial charge in [0, 0.05) is 10.7 Å². The Morgan fingerprint density at radius 2 is 1.86 bits per heavy atom. The van der Waals surface area contributed by atoms with Gasteiger partial charge in [-0.25, -0.2) is 8.42 Å². The van der Waals surface area contributed by atoms with Crippen molar-refractivity contribution >= 4 is 38.9 Å². The minimum Gasteiger partial charge on any atom is -0.495 e. The van der Waals surface area contributed by atoms with Crippen LogP contribution in [0, 0.1) is 13.8 Å². The summed E-state index contributed by atoms with van der Waals surface area (Å²) < 4.78 is 31.6. The highest BCUT2D eigenvalue weighted by molar-refractivity contribution is 7.92. The predicted molar refractivity (Wildman–Crippen MR) is 114 cm³/mol. The largest absolute Gasteiger partial charge is 0.495 e. The number of rotatable bonds is 7. The Bertz CT molecular complexity index is 976. The van der Waals surface area contributed by atoms with Crippen LogP contribution in [-0.2, 0) is 14.8 Å². The lowest BCUT2D eigenvalue weighted by molar-refractivity contribution is -0.117. The van der Waals surface area contributed by atoms with Gasteiger partial charge in [-0.1, -0.05) is 24.6 Å². The summed E-state index contributed by atoms with van der Waals surface area (Å²) in [4.78, 5) is 13.0. The summed E-state index contributed by atoms with van der Waals surface area (Å²) in [5.41, 5.74) is 2.96. The van der Waals surface area contributed by atoms with E-state index in [1.807, 2.05) is 26.0 Å². The van der Waals surface area contributed by atoms with Gasteiger partial charge in [0.05, 0.1) is 19.1 Å². The molecule has 0 aliphatic rings. The number of carbonyl (C=O) groups is 1. The molecule has 0 aliphatic carbocycles. The van der Waals surface area contributed by atoms with E-state index >= 15 is 0 Å². The van der Waals surface area contributed by atoms with E-state index < -0.39 is 22.0 Å². The van der Waals surface area contributed by atoms with Gasteiger partial charge in [-0.15, -0.1) is 0 Å². The van der Waals surface area contributed by atoms with Crippen LogP contribution in [0.3, 0.4) is 0 Å². The predicted octanol–water partition coefficient (Wildman–Crippen LogP) is 4.15. The fourth-order valence-electron chi connectivity index (χ4n) is 2.92. The molecule has 28 heavy (non-hydrogen) atoms. The zero-order chi connectivity index (χ0) is 21.1. The number of amides is 1. The highest BCUT2D eigenvalue weighted by Gasteiger charge is 2.33. The lowest BCUT2D eigenvalue weighted by Gasteiger charge is -2.31. The Labute approximate surface area is 171 Å². The molecular formula is C20H25ClN2O4S. The number of carbonyl (C=O) groups excluding carboxylic acids is 1. The van der Waals surface area contributed by atoms with Gasteiger partial charge < -0.3 is 10.1 Å². The summed E-state index contributed by atoms with van der Waals surface area (Å²) in [6.45, 7) is 5.67. The Balaban J connectivity index is 2.47. The van der Waals surface area contributed by atoms with Crippen molar-refractivity contribution in [3.05, 3.63) is 52.5 Å². The molecule has 2 aromatic rings. The molecular weight excluding hydrogens is 400 g/mol. The molecule has 1 unspecified atom stereocenters. The van der Waals surface area contributed by atoms with Gasteiger partial charge in [0.2, 0.25) is 15.9 Å². The van der Waals surface area contributed by atoms with Crippen molar-refractivity contribution in [2.45, 2.75) is 33.2 Å². The van der Waals surface area contributed by atoms with Crippen LogP contribution in [-0.4, -0.2) is 33.7 Å². The topological polar surface area (TPSA) is 75.7 Å². The average molecular weight is 425 g/mol. The van der Waals surface area contributed by atoms with Gasteiger partial charge >= 0.3 is 0 Å². The molecule has 2 rings (SSSR count). The van der Waals surface area contributed by atoms with E-state index in [-0.39, 0.29) is 12.1 Å². The van der Waals surface area contributed by atoms with Crippen molar-refractivity contribution in [1.29, 1.82) is 0 Å². The molecule has 0 radical (unpaired) electrons. The fraction of sp³-hybridized carbons (Fsp3) is 0.350. The fourth-order valence-corrected chi connectivity index (χ4v) is 4.29. The first-order valence-corrected chi connectivity index (χ1v) is 11.0. The van der Waals surface area contributed by atoms with Gasteiger partial charge in [-0.2, -0.15) is 0 Å². The highest BCUT2D eigenvalue weighted by Crippen LogP contribution is 2.35. The van der Waals surface area contributed by atoms with E-state index in [9.17, 15) is 13.2 Å². The van der Waals surface area contributed by atoms with Crippen LogP contribution in [0.15, 0.2) is 36.4 Å². The number of hydrogen-bond donors (Lipinski definition) is 1. The quantitative estimate of drug-likeness (QED) is 0.724.